The van der Waals surface area contributed by atoms with Crippen LogP contribution in [0.3, 0.4) is 0 Å². The van der Waals surface area contributed by atoms with Gasteiger partial charge >= 0.3 is 0 Å². The van der Waals surface area contributed by atoms with Crippen molar-refractivity contribution in [1.82, 2.24) is 10.2 Å². The molecule has 1 N–H and O–H groups in total. The van der Waals surface area contributed by atoms with E-state index in [9.17, 15) is 9.59 Å². The van der Waals surface area contributed by atoms with E-state index in [2.05, 4.69) is 5.32 Å². The third-order valence-corrected chi connectivity index (χ3v) is 7.13. The highest BCUT2D eigenvalue weighted by molar-refractivity contribution is 8.00. The molecule has 1 heterocycles. The van der Waals surface area contributed by atoms with Crippen molar-refractivity contribution in [3.63, 3.8) is 0 Å². The Balaban J connectivity index is 1.43. The Morgan fingerprint density at radius 2 is 1.72 bits per heavy atom. The number of aryl methyl sites for hydroxylation is 1. The molecule has 1 aliphatic rings. The Morgan fingerprint density at radius 1 is 1.06 bits per heavy atom. The van der Waals surface area contributed by atoms with Crippen LogP contribution in [-0.2, 0) is 11.3 Å². The van der Waals surface area contributed by atoms with Gasteiger partial charge in [-0.1, -0.05) is 65.7 Å². The van der Waals surface area contributed by atoms with Gasteiger partial charge in [0.1, 0.15) is 5.37 Å². The quantitative estimate of drug-likeness (QED) is 0.493. The fraction of sp³-hybridized carbons (Fsp3) is 0.231. The monoisotopic (exact) mass is 464 g/mol. The first-order valence-electron chi connectivity index (χ1n) is 10.5. The van der Waals surface area contributed by atoms with E-state index < -0.39 is 0 Å². The largest absolute Gasteiger partial charge is 0.346 e. The molecular formula is C26H25ClN2O2S. The molecule has 1 saturated heterocycles. The second-order valence-electron chi connectivity index (χ2n) is 8.04. The minimum atomic E-state index is -0.113. The van der Waals surface area contributed by atoms with Crippen molar-refractivity contribution >= 4 is 35.2 Å². The van der Waals surface area contributed by atoms with Crippen molar-refractivity contribution in [3.05, 3.63) is 106 Å². The van der Waals surface area contributed by atoms with Gasteiger partial charge in [-0.15, -0.1) is 11.8 Å². The van der Waals surface area contributed by atoms with Crippen molar-refractivity contribution in [3.8, 4) is 0 Å². The van der Waals surface area contributed by atoms with Crippen LogP contribution in [0.5, 0.6) is 0 Å². The molecule has 0 radical (unpaired) electrons. The van der Waals surface area contributed by atoms with Gasteiger partial charge in [0, 0.05) is 17.1 Å². The predicted octanol–water partition coefficient (Wildman–Crippen LogP) is 5.91. The fourth-order valence-corrected chi connectivity index (χ4v) is 5.02. The van der Waals surface area contributed by atoms with Crippen molar-refractivity contribution in [2.45, 2.75) is 31.8 Å². The van der Waals surface area contributed by atoms with Crippen molar-refractivity contribution < 1.29 is 9.59 Å². The van der Waals surface area contributed by atoms with E-state index >= 15 is 0 Å². The number of carbonyl (C=O) groups is 2. The van der Waals surface area contributed by atoms with Gasteiger partial charge in [-0.3, -0.25) is 9.59 Å². The van der Waals surface area contributed by atoms with Crippen LogP contribution in [0, 0.1) is 6.92 Å². The van der Waals surface area contributed by atoms with Crippen LogP contribution in [0.4, 0.5) is 0 Å². The molecule has 4 nitrogen and oxygen atoms in total. The molecule has 3 aromatic rings. The van der Waals surface area contributed by atoms with Crippen LogP contribution in [0.1, 0.15) is 51.0 Å². The zero-order chi connectivity index (χ0) is 22.7. The minimum Gasteiger partial charge on any atom is -0.346 e. The fourth-order valence-electron chi connectivity index (χ4n) is 3.71. The van der Waals surface area contributed by atoms with Gasteiger partial charge in [0.15, 0.2) is 0 Å². The summed E-state index contributed by atoms with van der Waals surface area (Å²) in [6.07, 6.45) is 0. The normalized spacial score (nSPS) is 16.8. The van der Waals surface area contributed by atoms with Crippen molar-refractivity contribution in [2.24, 2.45) is 0 Å². The van der Waals surface area contributed by atoms with Gasteiger partial charge in [0.25, 0.3) is 5.91 Å². The smallest absolute Gasteiger partial charge is 0.251 e. The Hall–Kier alpha value is -2.76. The Bertz CT molecular complexity index is 1100. The molecule has 0 spiro atoms. The summed E-state index contributed by atoms with van der Waals surface area (Å²) in [4.78, 5) is 27.1. The first-order valence-corrected chi connectivity index (χ1v) is 12.0. The molecule has 32 heavy (non-hydrogen) atoms. The van der Waals surface area contributed by atoms with Gasteiger partial charge in [-0.2, -0.15) is 0 Å². The molecule has 0 unspecified atom stereocenters. The standard InChI is InChI=1S/C26H25ClN2O2S/c1-17-3-7-20(8-4-17)18(2)28-25(31)21-9-11-22(12-10-21)26-29(24(30)16-32-26)15-19-5-13-23(27)14-6-19/h3-14,18,26H,15-16H2,1-2H3,(H,28,31)/t18-,26+/m0/s1. The highest BCUT2D eigenvalue weighted by Crippen LogP contribution is 2.39. The summed E-state index contributed by atoms with van der Waals surface area (Å²) in [6.45, 7) is 4.55. The number of halogens is 1. The number of nitrogens with one attached hydrogen (secondary N) is 1. The highest BCUT2D eigenvalue weighted by atomic mass is 35.5. The summed E-state index contributed by atoms with van der Waals surface area (Å²) in [5.41, 5.74) is 4.91. The maximum atomic E-state index is 12.7. The Morgan fingerprint density at radius 3 is 2.38 bits per heavy atom. The summed E-state index contributed by atoms with van der Waals surface area (Å²) >= 11 is 7.58. The maximum absolute atomic E-state index is 12.7. The maximum Gasteiger partial charge on any atom is 0.251 e. The Labute approximate surface area is 198 Å². The van der Waals surface area contributed by atoms with E-state index in [1.165, 1.54) is 5.56 Å². The lowest BCUT2D eigenvalue weighted by molar-refractivity contribution is -0.128. The number of thioether (sulfide) groups is 1. The number of benzene rings is 3. The van der Waals surface area contributed by atoms with Crippen LogP contribution in [0.2, 0.25) is 5.02 Å². The third kappa shape index (κ3) is 5.17. The lowest BCUT2D eigenvalue weighted by Crippen LogP contribution is -2.28. The first-order chi connectivity index (χ1) is 15.4. The minimum absolute atomic E-state index is 0.0678. The van der Waals surface area contributed by atoms with Crippen LogP contribution in [0.15, 0.2) is 72.8 Å². The molecule has 164 valence electrons. The SMILES string of the molecule is Cc1ccc([C@H](C)NC(=O)c2ccc([C@H]3SCC(=O)N3Cc3ccc(Cl)cc3)cc2)cc1. The second kappa shape index (κ2) is 9.80. The number of rotatable bonds is 6. The Kier molecular flexibility index (Phi) is 6.87. The van der Waals surface area contributed by atoms with E-state index in [0.717, 1.165) is 16.7 Å². The van der Waals surface area contributed by atoms with Gasteiger partial charge < -0.3 is 10.2 Å². The van der Waals surface area contributed by atoms with Crippen LogP contribution in [0.25, 0.3) is 0 Å². The molecule has 6 heteroatoms. The zero-order valence-corrected chi connectivity index (χ0v) is 19.6. The van der Waals surface area contributed by atoms with E-state index in [1.807, 2.05) is 91.5 Å². The van der Waals surface area contributed by atoms with Crippen LogP contribution >= 0.6 is 23.4 Å². The molecule has 0 aliphatic carbocycles. The van der Waals surface area contributed by atoms with E-state index in [4.69, 9.17) is 11.6 Å². The summed E-state index contributed by atoms with van der Waals surface area (Å²) in [5.74, 6) is 0.454. The van der Waals surface area contributed by atoms with Crippen molar-refractivity contribution in [1.29, 1.82) is 0 Å². The number of hydrogen-bond donors (Lipinski definition) is 1. The molecule has 2 atom stereocenters. The van der Waals surface area contributed by atoms with E-state index in [1.54, 1.807) is 11.8 Å². The number of nitrogens with zero attached hydrogens (tertiary/aromatic N) is 1. The number of carbonyl (C=O) groups excluding carboxylic acids is 2. The highest BCUT2D eigenvalue weighted by Gasteiger charge is 2.32. The lowest BCUT2D eigenvalue weighted by Gasteiger charge is -2.24. The molecule has 4 rings (SSSR count). The molecule has 1 fully saturated rings. The molecule has 0 bridgehead atoms. The van der Waals surface area contributed by atoms with Gasteiger partial charge in [0.2, 0.25) is 5.91 Å². The number of hydrogen-bond acceptors (Lipinski definition) is 3. The molecule has 0 aromatic heterocycles. The van der Waals surface area contributed by atoms with Crippen molar-refractivity contribution in [2.75, 3.05) is 5.75 Å². The second-order valence-corrected chi connectivity index (χ2v) is 9.54. The average molecular weight is 465 g/mol. The predicted molar refractivity (Wildman–Crippen MR) is 131 cm³/mol. The third-order valence-electron chi connectivity index (χ3n) is 5.62. The molecule has 3 aromatic carbocycles. The van der Waals surface area contributed by atoms with Gasteiger partial charge in [0.05, 0.1) is 11.8 Å². The molecule has 1 aliphatic heterocycles. The molecule has 2 amide bonds. The molecule has 0 saturated carbocycles. The summed E-state index contributed by atoms with van der Waals surface area (Å²) in [6, 6.07) is 23.2. The van der Waals surface area contributed by atoms with Gasteiger partial charge in [-0.25, -0.2) is 0 Å². The van der Waals surface area contributed by atoms with E-state index in [-0.39, 0.29) is 23.2 Å². The summed E-state index contributed by atoms with van der Waals surface area (Å²) in [5, 5.41) is 3.67. The zero-order valence-electron chi connectivity index (χ0n) is 18.0. The number of amides is 2. The molecular weight excluding hydrogens is 440 g/mol. The van der Waals surface area contributed by atoms with Gasteiger partial charge in [-0.05, 0) is 54.8 Å². The average Bonchev–Trinajstić information content (AvgIpc) is 3.16. The van der Waals surface area contributed by atoms with E-state index in [0.29, 0.717) is 22.9 Å². The topological polar surface area (TPSA) is 49.4 Å². The lowest BCUT2D eigenvalue weighted by atomic mass is 10.1. The summed E-state index contributed by atoms with van der Waals surface area (Å²) in [7, 11) is 0. The first kappa shape index (κ1) is 22.4. The van der Waals surface area contributed by atoms with Crippen LogP contribution < -0.4 is 5.32 Å². The summed E-state index contributed by atoms with van der Waals surface area (Å²) < 4.78 is 0. The van der Waals surface area contributed by atoms with Crippen LogP contribution in [-0.4, -0.2) is 22.5 Å².